The number of amides is 4. The van der Waals surface area contributed by atoms with E-state index in [1.54, 1.807) is 19.1 Å². The van der Waals surface area contributed by atoms with Gasteiger partial charge in [-0.05, 0) is 81.7 Å². The summed E-state index contributed by atoms with van der Waals surface area (Å²) in [6, 6.07) is 3.73. The van der Waals surface area contributed by atoms with Crippen LogP contribution in [-0.2, 0) is 32.1 Å². The molecule has 10 nitrogen and oxygen atoms in total. The zero-order valence-corrected chi connectivity index (χ0v) is 29.1. The number of nitrogens with one attached hydrogen (secondary N) is 3. The topological polar surface area (TPSA) is 135 Å². The van der Waals surface area contributed by atoms with Gasteiger partial charge in [-0.2, -0.15) is 0 Å². The van der Waals surface area contributed by atoms with E-state index in [2.05, 4.69) is 40.1 Å². The second-order valence-corrected chi connectivity index (χ2v) is 12.0. The van der Waals surface area contributed by atoms with Gasteiger partial charge in [-0.25, -0.2) is 0 Å². The molecule has 1 aliphatic heterocycles. The van der Waals surface area contributed by atoms with Crippen LogP contribution in [0.1, 0.15) is 96.6 Å². The number of likely N-dealkylation sites (tertiary alicyclic amines) is 1. The van der Waals surface area contributed by atoms with Gasteiger partial charge in [-0.15, -0.1) is 12.6 Å². The van der Waals surface area contributed by atoms with Gasteiger partial charge >= 0.3 is 0 Å². The van der Waals surface area contributed by atoms with E-state index < -0.39 is 0 Å². The highest BCUT2D eigenvalue weighted by atomic mass is 32.1. The molecular weight excluding hydrogens is 602 g/mol. The Morgan fingerprint density at radius 2 is 1.74 bits per heavy atom. The van der Waals surface area contributed by atoms with Crippen LogP contribution in [0.3, 0.4) is 0 Å². The van der Waals surface area contributed by atoms with Crippen molar-refractivity contribution in [2.24, 2.45) is 5.92 Å². The first kappa shape index (κ1) is 38.9. The zero-order chi connectivity index (χ0) is 33.9. The monoisotopic (exact) mass is 657 g/mol. The number of H-pyrrole nitrogens is 1. The molecule has 0 radical (unpaired) electrons. The van der Waals surface area contributed by atoms with Crippen LogP contribution in [0.15, 0.2) is 29.3 Å². The van der Waals surface area contributed by atoms with Gasteiger partial charge in [0.2, 0.25) is 18.2 Å². The summed E-state index contributed by atoms with van der Waals surface area (Å²) in [5.41, 5.74) is 3.02. The molecule has 0 aliphatic carbocycles. The summed E-state index contributed by atoms with van der Waals surface area (Å²) in [5, 5.41) is 18.6. The van der Waals surface area contributed by atoms with Crippen LogP contribution < -0.4 is 10.6 Å². The molecule has 1 fully saturated rings. The van der Waals surface area contributed by atoms with E-state index >= 15 is 0 Å². The minimum atomic E-state index is -0.322. The van der Waals surface area contributed by atoms with Gasteiger partial charge in [0.15, 0.2) is 0 Å². The van der Waals surface area contributed by atoms with Crippen molar-refractivity contribution in [3.8, 4) is 5.75 Å². The van der Waals surface area contributed by atoms with Gasteiger partial charge < -0.3 is 20.7 Å². The Morgan fingerprint density at radius 3 is 2.41 bits per heavy atom. The smallest absolute Gasteiger partial charge is 0.252 e. The summed E-state index contributed by atoms with van der Waals surface area (Å²) in [6.45, 7) is 11.9. The maximum Gasteiger partial charge on any atom is 0.252 e. The number of thiol groups is 1. The lowest BCUT2D eigenvalue weighted by atomic mass is 10.1. The quantitative estimate of drug-likeness (QED) is 0.0588. The molecule has 0 spiro atoms. The fourth-order valence-corrected chi connectivity index (χ4v) is 6.16. The van der Waals surface area contributed by atoms with Crippen molar-refractivity contribution in [1.82, 2.24) is 25.4 Å². The fraction of sp³-hybridized carbons (Fsp3) is 0.600. The van der Waals surface area contributed by atoms with Gasteiger partial charge in [-0.3, -0.25) is 29.0 Å². The Morgan fingerprint density at radius 1 is 1.04 bits per heavy atom. The van der Waals surface area contributed by atoms with Crippen LogP contribution in [-0.4, -0.2) is 76.7 Å². The van der Waals surface area contributed by atoms with Crippen LogP contribution in [0, 0.1) is 5.92 Å². The number of hydrogen-bond acceptors (Lipinski definition) is 7. The molecule has 1 aromatic heterocycles. The number of hydrogen-bond donors (Lipinski definition) is 5. The number of unbranched alkanes of at least 4 members (excludes halogenated alkanes) is 4. The Balaban J connectivity index is 0.00000361. The number of aromatic hydroxyl groups is 1. The zero-order valence-electron chi connectivity index (χ0n) is 28.2. The maximum absolute atomic E-state index is 12.4. The van der Waals surface area contributed by atoms with E-state index in [9.17, 15) is 24.3 Å². The lowest BCUT2D eigenvalue weighted by Crippen LogP contribution is -2.30. The first-order valence-electron chi connectivity index (χ1n) is 17.0. The number of fused-ring (bicyclic) bond motifs is 1. The van der Waals surface area contributed by atoms with Gasteiger partial charge in [0, 0.05) is 56.5 Å². The number of carbonyl (C=O) groups excluding carboxylic acids is 4. The molecule has 1 saturated heterocycles. The second kappa shape index (κ2) is 21.5. The van der Waals surface area contributed by atoms with Crippen LogP contribution >= 0.6 is 12.6 Å². The standard InChI is InChI=1S/C33H49N5O5S.C2H6/c1-3-11-31(43)38(23-39)18-10-6-8-12-29(41)34-17-9-5-7-13-30(42)35-20-24-16-19-37(21-24)22-27-28(40)15-14-26-25(4-2)33(44)36-32(26)27;1-2/h3,11,14-15,23-24,36,40,44H,4-10,12-13,16-22H2,1-2H3,(H,34,41)(H,35,42);1-2H3/b11-3-;. The summed E-state index contributed by atoms with van der Waals surface area (Å²) in [5.74, 6) is 0.422. The van der Waals surface area contributed by atoms with E-state index in [1.807, 2.05) is 19.9 Å². The molecule has 11 heteroatoms. The van der Waals surface area contributed by atoms with Crippen molar-refractivity contribution in [2.45, 2.75) is 103 Å². The molecule has 256 valence electrons. The minimum absolute atomic E-state index is 0.00236. The number of phenolic OH excluding ortho intramolecular Hbond substituents is 1. The van der Waals surface area contributed by atoms with Crippen molar-refractivity contribution < 1.29 is 24.3 Å². The summed E-state index contributed by atoms with van der Waals surface area (Å²) >= 11 is 4.58. The summed E-state index contributed by atoms with van der Waals surface area (Å²) < 4.78 is 0. The minimum Gasteiger partial charge on any atom is -0.508 e. The molecule has 3 rings (SSSR count). The fourth-order valence-electron chi connectivity index (χ4n) is 5.76. The first-order chi connectivity index (χ1) is 22.3. The third kappa shape index (κ3) is 12.5. The summed E-state index contributed by atoms with van der Waals surface area (Å²) in [4.78, 5) is 54.0. The van der Waals surface area contributed by atoms with Crippen LogP contribution in [0.2, 0.25) is 0 Å². The molecule has 46 heavy (non-hydrogen) atoms. The highest BCUT2D eigenvalue weighted by molar-refractivity contribution is 7.80. The molecule has 2 heterocycles. The van der Waals surface area contributed by atoms with Crippen molar-refractivity contribution in [1.29, 1.82) is 0 Å². The Hall–Kier alpha value is -3.31. The highest BCUT2D eigenvalue weighted by Crippen LogP contribution is 2.34. The Bertz CT molecular complexity index is 1290. The summed E-state index contributed by atoms with van der Waals surface area (Å²) in [6.07, 6.45) is 10.9. The molecule has 0 saturated carbocycles. The van der Waals surface area contributed by atoms with Gasteiger partial charge in [0.05, 0.1) is 10.5 Å². The SMILES string of the molecule is C/C=C\C(=O)N(C=O)CCCCCC(=O)NCCCCCC(=O)NCC1CCN(Cc2c(O)ccc3c(CC)c(S)[nH]c23)C1.CC. The average molecular weight is 658 g/mol. The van der Waals surface area contributed by atoms with Crippen LogP contribution in [0.4, 0.5) is 0 Å². The number of rotatable bonds is 19. The first-order valence-corrected chi connectivity index (χ1v) is 17.4. The van der Waals surface area contributed by atoms with E-state index in [0.29, 0.717) is 69.9 Å². The van der Waals surface area contributed by atoms with Gasteiger partial charge in [-0.1, -0.05) is 39.7 Å². The van der Waals surface area contributed by atoms with Gasteiger partial charge in [0.1, 0.15) is 5.75 Å². The Kier molecular flexibility index (Phi) is 18.1. The number of imide groups is 1. The average Bonchev–Trinajstić information content (AvgIpc) is 3.64. The van der Waals surface area contributed by atoms with Gasteiger partial charge in [0.25, 0.3) is 5.91 Å². The third-order valence-electron chi connectivity index (χ3n) is 8.26. The Labute approximate surface area is 280 Å². The number of carbonyl (C=O) groups is 4. The lowest BCUT2D eigenvalue weighted by Gasteiger charge is -2.18. The van der Waals surface area contributed by atoms with Crippen molar-refractivity contribution in [3.63, 3.8) is 0 Å². The summed E-state index contributed by atoms with van der Waals surface area (Å²) in [7, 11) is 0. The van der Waals surface area contributed by atoms with E-state index in [4.69, 9.17) is 0 Å². The predicted molar refractivity (Wildman–Crippen MR) is 187 cm³/mol. The number of nitrogens with zero attached hydrogens (tertiary/aromatic N) is 2. The number of allylic oxidation sites excluding steroid dienone is 1. The van der Waals surface area contributed by atoms with Crippen molar-refractivity contribution in [2.75, 3.05) is 32.7 Å². The van der Waals surface area contributed by atoms with E-state index in [1.165, 1.54) is 11.6 Å². The number of benzene rings is 1. The molecule has 0 bridgehead atoms. The second-order valence-electron chi connectivity index (χ2n) is 11.6. The molecule has 4 N–H and O–H groups in total. The van der Waals surface area contributed by atoms with Crippen molar-refractivity contribution >= 4 is 47.7 Å². The number of aromatic nitrogens is 1. The molecule has 1 aromatic carbocycles. The van der Waals surface area contributed by atoms with Crippen molar-refractivity contribution in [3.05, 3.63) is 35.4 Å². The highest BCUT2D eigenvalue weighted by Gasteiger charge is 2.25. The molecular formula is C35H55N5O5S. The molecule has 1 unspecified atom stereocenters. The largest absolute Gasteiger partial charge is 0.508 e. The third-order valence-corrected chi connectivity index (χ3v) is 8.64. The van der Waals surface area contributed by atoms with E-state index in [0.717, 1.165) is 78.0 Å². The predicted octanol–water partition coefficient (Wildman–Crippen LogP) is 5.49. The van der Waals surface area contributed by atoms with E-state index in [-0.39, 0.29) is 17.7 Å². The van der Waals surface area contributed by atoms with Crippen LogP contribution in [0.25, 0.3) is 10.9 Å². The molecule has 2 aromatic rings. The molecule has 1 atom stereocenters. The number of aromatic amines is 1. The molecule has 1 aliphatic rings. The maximum atomic E-state index is 12.4. The normalized spacial score (nSPS) is 14.7. The van der Waals surface area contributed by atoms with Crippen LogP contribution in [0.5, 0.6) is 5.75 Å². The number of phenols is 1. The lowest BCUT2D eigenvalue weighted by molar-refractivity contribution is -0.134. The molecule has 4 amide bonds. The number of aryl methyl sites for hydroxylation is 1.